The average molecular weight is 225 g/mol. The van der Waals surface area contributed by atoms with E-state index >= 15 is 0 Å². The van der Waals surface area contributed by atoms with Crippen molar-refractivity contribution >= 4 is 12.1 Å². The Hall–Kier alpha value is -1.52. The predicted molar refractivity (Wildman–Crippen MR) is 55.1 cm³/mol. The number of nitrogens with one attached hydrogen (secondary N) is 1. The highest BCUT2D eigenvalue weighted by Gasteiger charge is 2.51. The Bertz CT molecular complexity index is 315. The largest absolute Gasteiger partial charge is 0.443 e. The molecule has 0 spiro atoms. The molecule has 0 heterocycles. The van der Waals surface area contributed by atoms with E-state index < -0.39 is 6.09 Å². The third-order valence-corrected chi connectivity index (χ3v) is 3.21. The summed E-state index contributed by atoms with van der Waals surface area (Å²) < 4.78 is 4.60. The average Bonchev–Trinajstić information content (AvgIpc) is 2.95. The van der Waals surface area contributed by atoms with Gasteiger partial charge < -0.3 is 9.57 Å². The van der Waals surface area contributed by atoms with E-state index in [1.165, 1.54) is 6.08 Å². The molecule has 0 radical (unpaired) electrons. The lowest BCUT2D eigenvalue weighted by atomic mass is 10.0. The van der Waals surface area contributed by atoms with Crippen LogP contribution in [0.1, 0.15) is 19.3 Å². The summed E-state index contributed by atoms with van der Waals surface area (Å²) in [6.07, 6.45) is 3.77. The van der Waals surface area contributed by atoms with E-state index in [1.807, 2.05) is 5.48 Å². The Morgan fingerprint density at radius 1 is 1.44 bits per heavy atom. The molecular weight excluding hydrogens is 210 g/mol. The van der Waals surface area contributed by atoms with Gasteiger partial charge in [0.2, 0.25) is 0 Å². The van der Waals surface area contributed by atoms with E-state index in [-0.39, 0.29) is 18.5 Å². The van der Waals surface area contributed by atoms with Crippen molar-refractivity contribution in [2.45, 2.75) is 19.3 Å². The van der Waals surface area contributed by atoms with Crippen LogP contribution >= 0.6 is 0 Å². The molecule has 2 saturated carbocycles. The Labute approximate surface area is 93.7 Å². The highest BCUT2D eigenvalue weighted by Crippen LogP contribution is 2.55. The summed E-state index contributed by atoms with van der Waals surface area (Å²) >= 11 is 0. The lowest BCUT2D eigenvalue weighted by molar-refractivity contribution is -0.155. The lowest BCUT2D eigenvalue weighted by Gasteiger charge is -2.10. The number of hydrogen-bond donors (Lipinski definition) is 1. The van der Waals surface area contributed by atoms with Crippen molar-refractivity contribution in [1.29, 1.82) is 0 Å². The molecule has 1 N–H and O–H groups in total. The first-order valence-corrected chi connectivity index (χ1v) is 5.46. The Morgan fingerprint density at radius 3 is 2.81 bits per heavy atom. The molecule has 16 heavy (non-hydrogen) atoms. The van der Waals surface area contributed by atoms with Gasteiger partial charge in [-0.05, 0) is 31.1 Å². The van der Waals surface area contributed by atoms with Gasteiger partial charge in [-0.3, -0.25) is 0 Å². The van der Waals surface area contributed by atoms with Crippen molar-refractivity contribution in [2.75, 3.05) is 6.61 Å². The van der Waals surface area contributed by atoms with Crippen LogP contribution in [0, 0.1) is 17.8 Å². The van der Waals surface area contributed by atoms with Crippen molar-refractivity contribution in [3.05, 3.63) is 12.7 Å². The molecular formula is C11H15NO4. The molecule has 0 saturated heterocycles. The molecule has 5 heteroatoms. The second-order valence-electron chi connectivity index (χ2n) is 4.25. The predicted octanol–water partition coefficient (Wildman–Crippen LogP) is 1.40. The Kier molecular flexibility index (Phi) is 3.12. The molecule has 0 aliphatic heterocycles. The molecule has 3 atom stereocenters. The number of ether oxygens (including phenoxy) is 1. The minimum absolute atomic E-state index is 0.0373. The zero-order chi connectivity index (χ0) is 11.5. The maximum atomic E-state index is 11.5. The molecule has 2 fully saturated rings. The number of carbonyl (C=O) groups is 2. The number of fused-ring (bicyclic) bond motifs is 1. The molecule has 2 aliphatic carbocycles. The maximum absolute atomic E-state index is 11.5. The van der Waals surface area contributed by atoms with Gasteiger partial charge in [-0.1, -0.05) is 12.7 Å². The van der Waals surface area contributed by atoms with Crippen LogP contribution in [0.15, 0.2) is 12.7 Å². The third-order valence-electron chi connectivity index (χ3n) is 3.21. The van der Waals surface area contributed by atoms with Crippen LogP contribution < -0.4 is 5.48 Å². The summed E-state index contributed by atoms with van der Waals surface area (Å²) in [6, 6.07) is 0. The van der Waals surface area contributed by atoms with Gasteiger partial charge in [0.05, 0.1) is 5.92 Å². The molecule has 88 valence electrons. The van der Waals surface area contributed by atoms with Crippen LogP contribution in [0.3, 0.4) is 0 Å². The SMILES string of the molecule is C=CCOC(=O)NOC(=O)C1CCC2CC21. The van der Waals surface area contributed by atoms with Crippen LogP contribution in [-0.2, 0) is 14.4 Å². The summed E-state index contributed by atoms with van der Waals surface area (Å²) in [4.78, 5) is 27.2. The number of amides is 1. The molecule has 2 rings (SSSR count). The zero-order valence-electron chi connectivity index (χ0n) is 8.98. The number of hydrogen-bond acceptors (Lipinski definition) is 4. The van der Waals surface area contributed by atoms with Gasteiger partial charge in [0.15, 0.2) is 0 Å². The number of carbonyl (C=O) groups excluding carboxylic acids is 2. The first-order chi connectivity index (χ1) is 7.72. The molecule has 0 aromatic rings. The summed E-state index contributed by atoms with van der Waals surface area (Å²) in [5.41, 5.74) is 1.97. The van der Waals surface area contributed by atoms with E-state index in [1.54, 1.807) is 0 Å². The summed E-state index contributed by atoms with van der Waals surface area (Å²) in [5, 5.41) is 0. The smallest absolute Gasteiger partial charge is 0.441 e. The number of hydroxylamine groups is 1. The van der Waals surface area contributed by atoms with E-state index in [2.05, 4.69) is 16.2 Å². The van der Waals surface area contributed by atoms with Crippen molar-refractivity contribution in [3.8, 4) is 0 Å². The fourth-order valence-electron chi connectivity index (χ4n) is 2.33. The summed E-state index contributed by atoms with van der Waals surface area (Å²) in [7, 11) is 0. The van der Waals surface area contributed by atoms with Crippen LogP contribution in [0.4, 0.5) is 4.79 Å². The summed E-state index contributed by atoms with van der Waals surface area (Å²) in [6.45, 7) is 3.49. The fraction of sp³-hybridized carbons (Fsp3) is 0.636. The van der Waals surface area contributed by atoms with Gasteiger partial charge in [0.1, 0.15) is 6.61 Å². The van der Waals surface area contributed by atoms with E-state index in [0.29, 0.717) is 11.8 Å². The van der Waals surface area contributed by atoms with E-state index in [4.69, 9.17) is 0 Å². The highest BCUT2D eigenvalue weighted by molar-refractivity contribution is 5.76. The summed E-state index contributed by atoms with van der Waals surface area (Å²) in [5.74, 6) is 0.814. The van der Waals surface area contributed by atoms with Crippen molar-refractivity contribution < 1.29 is 19.2 Å². The zero-order valence-corrected chi connectivity index (χ0v) is 8.98. The minimum Gasteiger partial charge on any atom is -0.443 e. The quantitative estimate of drug-likeness (QED) is 0.582. The van der Waals surface area contributed by atoms with Crippen LogP contribution in [-0.4, -0.2) is 18.7 Å². The first-order valence-electron chi connectivity index (χ1n) is 5.46. The first kappa shape index (κ1) is 11.0. The van der Waals surface area contributed by atoms with Gasteiger partial charge in [0.25, 0.3) is 0 Å². The second kappa shape index (κ2) is 4.55. The Balaban J connectivity index is 1.67. The van der Waals surface area contributed by atoms with Gasteiger partial charge >= 0.3 is 12.1 Å². The molecule has 3 unspecified atom stereocenters. The van der Waals surface area contributed by atoms with E-state index in [9.17, 15) is 9.59 Å². The Morgan fingerprint density at radius 2 is 2.25 bits per heavy atom. The molecule has 5 nitrogen and oxygen atoms in total. The van der Waals surface area contributed by atoms with Crippen molar-refractivity contribution in [3.63, 3.8) is 0 Å². The van der Waals surface area contributed by atoms with Gasteiger partial charge in [-0.15, -0.1) is 5.48 Å². The third kappa shape index (κ3) is 2.35. The van der Waals surface area contributed by atoms with Crippen molar-refractivity contribution in [1.82, 2.24) is 5.48 Å². The lowest BCUT2D eigenvalue weighted by Crippen LogP contribution is -2.31. The highest BCUT2D eigenvalue weighted by atomic mass is 16.7. The van der Waals surface area contributed by atoms with Crippen LogP contribution in [0.2, 0.25) is 0 Å². The monoisotopic (exact) mass is 225 g/mol. The normalized spacial score (nSPS) is 30.1. The molecule has 1 amide bonds. The van der Waals surface area contributed by atoms with Crippen molar-refractivity contribution in [2.24, 2.45) is 17.8 Å². The van der Waals surface area contributed by atoms with Gasteiger partial charge in [0, 0.05) is 0 Å². The van der Waals surface area contributed by atoms with E-state index in [0.717, 1.165) is 19.3 Å². The molecule has 0 aromatic carbocycles. The van der Waals surface area contributed by atoms with Gasteiger partial charge in [-0.25, -0.2) is 9.59 Å². The molecule has 0 bridgehead atoms. The molecule has 0 aromatic heterocycles. The van der Waals surface area contributed by atoms with Gasteiger partial charge in [-0.2, -0.15) is 0 Å². The van der Waals surface area contributed by atoms with Crippen LogP contribution in [0.5, 0.6) is 0 Å². The fourth-order valence-corrected chi connectivity index (χ4v) is 2.33. The maximum Gasteiger partial charge on any atom is 0.441 e. The molecule has 2 aliphatic rings. The standard InChI is InChI=1S/C11H15NO4/c1-2-5-15-11(14)12-16-10(13)8-4-3-7-6-9(7)8/h2,7-9H,1,3-6H2,(H,12,14). The topological polar surface area (TPSA) is 64.6 Å². The van der Waals surface area contributed by atoms with Crippen LogP contribution in [0.25, 0.3) is 0 Å². The second-order valence-corrected chi connectivity index (χ2v) is 4.25. The number of rotatable bonds is 3. The minimum atomic E-state index is -0.765.